The third-order valence-corrected chi connectivity index (χ3v) is 4.48. The van der Waals surface area contributed by atoms with Crippen molar-refractivity contribution >= 4 is 11.9 Å². The normalized spacial score (nSPS) is 17.0. The molecule has 1 atom stereocenters. The highest BCUT2D eigenvalue weighted by atomic mass is 16.5. The molecule has 0 amide bonds. The first kappa shape index (κ1) is 19.4. The Balaban J connectivity index is 1.65. The summed E-state index contributed by atoms with van der Waals surface area (Å²) in [6, 6.07) is 9.72. The first-order valence-electron chi connectivity index (χ1n) is 8.80. The van der Waals surface area contributed by atoms with Crippen LogP contribution in [0.1, 0.15) is 18.9 Å². The van der Waals surface area contributed by atoms with Gasteiger partial charge in [-0.05, 0) is 5.56 Å². The average Bonchev–Trinajstić information content (AvgIpc) is 2.66. The minimum atomic E-state index is -0.169. The molecule has 6 heteroatoms. The molecule has 0 N–H and O–H groups in total. The number of carbonyl (C=O) groups is 2. The highest BCUT2D eigenvalue weighted by molar-refractivity contribution is 5.72. The molecule has 1 heterocycles. The second-order valence-corrected chi connectivity index (χ2v) is 6.46. The smallest absolute Gasteiger partial charge is 0.310 e. The molecular formula is C19H28N2O4. The number of esters is 2. The maximum atomic E-state index is 12.2. The zero-order valence-electron chi connectivity index (χ0n) is 15.1. The minimum Gasteiger partial charge on any atom is -0.469 e. The first-order valence-corrected chi connectivity index (χ1v) is 8.80. The van der Waals surface area contributed by atoms with Crippen molar-refractivity contribution in [3.8, 4) is 0 Å². The number of rotatable bonds is 8. The molecule has 0 aliphatic carbocycles. The van der Waals surface area contributed by atoms with Gasteiger partial charge in [-0.25, -0.2) is 0 Å². The molecule has 2 rings (SSSR count). The van der Waals surface area contributed by atoms with E-state index in [0.717, 1.165) is 38.3 Å². The third kappa shape index (κ3) is 6.84. The molecule has 1 aromatic carbocycles. The summed E-state index contributed by atoms with van der Waals surface area (Å²) in [6.07, 6.45) is 0.429. The lowest BCUT2D eigenvalue weighted by Crippen LogP contribution is -2.48. The predicted molar refractivity (Wildman–Crippen MR) is 94.9 cm³/mol. The zero-order chi connectivity index (χ0) is 18.1. The summed E-state index contributed by atoms with van der Waals surface area (Å²) >= 11 is 0. The van der Waals surface area contributed by atoms with Gasteiger partial charge in [-0.2, -0.15) is 0 Å². The van der Waals surface area contributed by atoms with Crippen molar-refractivity contribution in [3.05, 3.63) is 35.9 Å². The Kier molecular flexibility index (Phi) is 7.88. The molecule has 0 radical (unpaired) electrons. The zero-order valence-corrected chi connectivity index (χ0v) is 15.1. The number of benzene rings is 1. The number of carbonyl (C=O) groups excluding carboxylic acids is 2. The highest BCUT2D eigenvalue weighted by Crippen LogP contribution is 2.09. The molecule has 6 nitrogen and oxygen atoms in total. The summed E-state index contributed by atoms with van der Waals surface area (Å²) in [7, 11) is 1.42. The van der Waals surface area contributed by atoms with Crippen LogP contribution in [-0.2, 0) is 25.7 Å². The monoisotopic (exact) mass is 348 g/mol. The molecule has 1 aliphatic rings. The Hall–Kier alpha value is -1.92. The maximum absolute atomic E-state index is 12.2. The van der Waals surface area contributed by atoms with Crippen LogP contribution >= 0.6 is 0 Å². The van der Waals surface area contributed by atoms with Gasteiger partial charge in [0.25, 0.3) is 0 Å². The number of hydrogen-bond acceptors (Lipinski definition) is 6. The van der Waals surface area contributed by atoms with E-state index in [0.29, 0.717) is 19.6 Å². The van der Waals surface area contributed by atoms with E-state index in [9.17, 15) is 9.59 Å². The lowest BCUT2D eigenvalue weighted by Gasteiger charge is -2.35. The van der Waals surface area contributed by atoms with Crippen LogP contribution in [0.4, 0.5) is 0 Å². The Morgan fingerprint density at radius 1 is 1.08 bits per heavy atom. The van der Waals surface area contributed by atoms with Crippen LogP contribution in [0.15, 0.2) is 30.3 Å². The molecule has 0 saturated carbocycles. The van der Waals surface area contributed by atoms with Crippen LogP contribution in [0.25, 0.3) is 0 Å². The summed E-state index contributed by atoms with van der Waals surface area (Å²) in [4.78, 5) is 27.9. The van der Waals surface area contributed by atoms with Gasteiger partial charge in [0.05, 0.1) is 19.4 Å². The fourth-order valence-electron chi connectivity index (χ4n) is 2.88. The molecular weight excluding hydrogens is 320 g/mol. The molecule has 1 unspecified atom stereocenters. The summed E-state index contributed by atoms with van der Waals surface area (Å²) in [5, 5.41) is 0. The second-order valence-electron chi connectivity index (χ2n) is 6.46. The van der Waals surface area contributed by atoms with E-state index >= 15 is 0 Å². The largest absolute Gasteiger partial charge is 0.469 e. The molecule has 1 saturated heterocycles. The van der Waals surface area contributed by atoms with E-state index in [1.807, 2.05) is 37.3 Å². The van der Waals surface area contributed by atoms with Crippen molar-refractivity contribution in [2.75, 3.05) is 46.4 Å². The molecule has 25 heavy (non-hydrogen) atoms. The van der Waals surface area contributed by atoms with Crippen molar-refractivity contribution in [1.82, 2.24) is 9.80 Å². The van der Waals surface area contributed by atoms with Crippen LogP contribution in [0, 0.1) is 5.92 Å². The summed E-state index contributed by atoms with van der Waals surface area (Å²) < 4.78 is 10.1. The van der Waals surface area contributed by atoms with E-state index in [1.54, 1.807) is 0 Å². The lowest BCUT2D eigenvalue weighted by molar-refractivity contribution is -0.150. The van der Waals surface area contributed by atoms with E-state index in [1.165, 1.54) is 7.11 Å². The Bertz CT molecular complexity index is 542. The van der Waals surface area contributed by atoms with Gasteiger partial charge < -0.3 is 14.4 Å². The van der Waals surface area contributed by atoms with Gasteiger partial charge in [0.15, 0.2) is 0 Å². The van der Waals surface area contributed by atoms with E-state index in [-0.39, 0.29) is 17.9 Å². The number of hydrogen-bond donors (Lipinski definition) is 0. The molecule has 0 aromatic heterocycles. The molecule has 1 aliphatic heterocycles. The van der Waals surface area contributed by atoms with Gasteiger partial charge in [-0.3, -0.25) is 14.5 Å². The Morgan fingerprint density at radius 2 is 1.72 bits per heavy atom. The number of ether oxygens (including phenoxy) is 2. The van der Waals surface area contributed by atoms with Crippen molar-refractivity contribution in [3.63, 3.8) is 0 Å². The minimum absolute atomic E-state index is 0.148. The van der Waals surface area contributed by atoms with Gasteiger partial charge in [-0.1, -0.05) is 37.3 Å². The lowest BCUT2D eigenvalue weighted by atomic mass is 10.1. The molecule has 138 valence electrons. The van der Waals surface area contributed by atoms with Crippen molar-refractivity contribution in [1.29, 1.82) is 0 Å². The maximum Gasteiger partial charge on any atom is 0.310 e. The van der Waals surface area contributed by atoms with Crippen LogP contribution in [0.5, 0.6) is 0 Å². The van der Waals surface area contributed by atoms with Crippen LogP contribution in [0.3, 0.4) is 0 Å². The average molecular weight is 348 g/mol. The fourth-order valence-corrected chi connectivity index (χ4v) is 2.88. The Morgan fingerprint density at radius 3 is 2.36 bits per heavy atom. The van der Waals surface area contributed by atoms with E-state index in [4.69, 9.17) is 4.74 Å². The van der Waals surface area contributed by atoms with Crippen molar-refractivity contribution < 1.29 is 19.1 Å². The third-order valence-electron chi connectivity index (χ3n) is 4.48. The summed E-state index contributed by atoms with van der Waals surface area (Å²) in [6.45, 7) is 7.29. The van der Waals surface area contributed by atoms with Crippen LogP contribution in [-0.4, -0.2) is 68.1 Å². The van der Waals surface area contributed by atoms with Crippen molar-refractivity contribution in [2.45, 2.75) is 20.0 Å². The van der Waals surface area contributed by atoms with Crippen molar-refractivity contribution in [2.24, 2.45) is 5.92 Å². The number of methoxy groups -OCH3 is 1. The summed E-state index contributed by atoms with van der Waals surface area (Å²) in [5.41, 5.74) is 1.00. The van der Waals surface area contributed by atoms with Gasteiger partial charge in [0, 0.05) is 39.3 Å². The molecule has 1 fully saturated rings. The van der Waals surface area contributed by atoms with Crippen LogP contribution in [0.2, 0.25) is 0 Å². The fraction of sp³-hybridized carbons (Fsp3) is 0.579. The van der Waals surface area contributed by atoms with E-state index in [2.05, 4.69) is 14.5 Å². The first-order chi connectivity index (χ1) is 12.1. The SMILES string of the molecule is COC(=O)CCN1CCN(CC(C)C(=O)OCc2ccccc2)CC1. The topological polar surface area (TPSA) is 59.1 Å². The second kappa shape index (κ2) is 10.2. The van der Waals surface area contributed by atoms with Gasteiger partial charge >= 0.3 is 11.9 Å². The van der Waals surface area contributed by atoms with Gasteiger partial charge in [0.2, 0.25) is 0 Å². The molecule has 0 bridgehead atoms. The molecule has 1 aromatic rings. The number of piperazine rings is 1. The quantitative estimate of drug-likeness (QED) is 0.665. The van der Waals surface area contributed by atoms with Gasteiger partial charge in [0.1, 0.15) is 6.61 Å². The van der Waals surface area contributed by atoms with Gasteiger partial charge in [-0.15, -0.1) is 0 Å². The Labute approximate surface area is 149 Å². The summed E-state index contributed by atoms with van der Waals surface area (Å²) in [5.74, 6) is -0.473. The molecule has 0 spiro atoms. The van der Waals surface area contributed by atoms with E-state index < -0.39 is 0 Å². The van der Waals surface area contributed by atoms with Crippen LogP contribution < -0.4 is 0 Å². The number of nitrogens with zero attached hydrogens (tertiary/aromatic N) is 2. The predicted octanol–water partition coefficient (Wildman–Crippen LogP) is 1.55. The highest BCUT2D eigenvalue weighted by Gasteiger charge is 2.22. The standard InChI is InChI=1S/C19H28N2O4/c1-16(19(23)25-15-17-6-4-3-5-7-17)14-21-12-10-20(11-13-21)9-8-18(22)24-2/h3-7,16H,8-15H2,1-2H3.